The summed E-state index contributed by atoms with van der Waals surface area (Å²) in [5, 5.41) is 3.15. The van der Waals surface area contributed by atoms with Crippen molar-refractivity contribution in [2.24, 2.45) is 0 Å². The van der Waals surface area contributed by atoms with Crippen LogP contribution in [0.15, 0.2) is 36.7 Å². The Kier molecular flexibility index (Phi) is 4.92. The molecule has 1 aromatic heterocycles. The van der Waals surface area contributed by atoms with Crippen LogP contribution >= 0.6 is 0 Å². The van der Waals surface area contributed by atoms with Crippen LogP contribution in [0.2, 0.25) is 0 Å². The molecule has 2 aromatic rings. The molecular weight excluding hydrogens is 278 g/mol. The van der Waals surface area contributed by atoms with Crippen LogP contribution in [0.25, 0.3) is 0 Å². The number of pyridine rings is 1. The standard InChI is InChI=1S/C15H16F2N2O2/c1-10-5-6-18-8-11(10)9-19-12-3-4-13(20-2)14(7-12)21-15(16)17/h3-8,15,19H,9H2,1-2H3. The lowest BCUT2D eigenvalue weighted by molar-refractivity contribution is -0.0511. The second-order valence-electron chi connectivity index (χ2n) is 4.40. The topological polar surface area (TPSA) is 43.4 Å². The maximum atomic E-state index is 12.4. The molecule has 21 heavy (non-hydrogen) atoms. The fourth-order valence-electron chi connectivity index (χ4n) is 1.85. The SMILES string of the molecule is COc1ccc(NCc2cnccc2C)cc1OC(F)F. The van der Waals surface area contributed by atoms with E-state index in [1.54, 1.807) is 24.5 Å². The van der Waals surface area contributed by atoms with E-state index in [1.807, 2.05) is 13.0 Å². The number of hydrogen-bond donors (Lipinski definition) is 1. The van der Waals surface area contributed by atoms with Gasteiger partial charge in [-0.1, -0.05) is 0 Å². The van der Waals surface area contributed by atoms with Crippen molar-refractivity contribution in [3.8, 4) is 11.5 Å². The van der Waals surface area contributed by atoms with E-state index in [-0.39, 0.29) is 11.5 Å². The van der Waals surface area contributed by atoms with E-state index < -0.39 is 6.61 Å². The molecule has 0 fully saturated rings. The number of halogens is 2. The van der Waals surface area contributed by atoms with Gasteiger partial charge in [0.05, 0.1) is 7.11 Å². The first-order valence-electron chi connectivity index (χ1n) is 6.36. The number of benzene rings is 1. The molecule has 112 valence electrons. The minimum absolute atomic E-state index is 0.000378. The van der Waals surface area contributed by atoms with Crippen molar-refractivity contribution in [1.82, 2.24) is 4.98 Å². The Labute approximate surface area is 121 Å². The van der Waals surface area contributed by atoms with Crippen molar-refractivity contribution >= 4 is 5.69 Å². The third-order valence-electron chi connectivity index (χ3n) is 3.01. The smallest absolute Gasteiger partial charge is 0.387 e. The summed E-state index contributed by atoms with van der Waals surface area (Å²) in [5.41, 5.74) is 2.80. The predicted molar refractivity (Wildman–Crippen MR) is 75.9 cm³/mol. The first-order valence-corrected chi connectivity index (χ1v) is 6.36. The molecule has 2 rings (SSSR count). The van der Waals surface area contributed by atoms with Crippen molar-refractivity contribution in [3.63, 3.8) is 0 Å². The summed E-state index contributed by atoms with van der Waals surface area (Å²) < 4.78 is 34.2. The van der Waals surface area contributed by atoms with Gasteiger partial charge in [-0.05, 0) is 36.2 Å². The van der Waals surface area contributed by atoms with E-state index in [9.17, 15) is 8.78 Å². The van der Waals surface area contributed by atoms with Gasteiger partial charge in [-0.2, -0.15) is 8.78 Å². The van der Waals surface area contributed by atoms with E-state index in [0.29, 0.717) is 12.2 Å². The van der Waals surface area contributed by atoms with Crippen LogP contribution in [0, 0.1) is 6.92 Å². The Hall–Kier alpha value is -2.37. The lowest BCUT2D eigenvalue weighted by Crippen LogP contribution is -2.05. The zero-order chi connectivity index (χ0) is 15.2. The molecule has 1 heterocycles. The zero-order valence-electron chi connectivity index (χ0n) is 11.8. The lowest BCUT2D eigenvalue weighted by atomic mass is 10.1. The molecule has 6 heteroatoms. The number of aryl methyl sites for hydroxylation is 1. The molecule has 1 aromatic carbocycles. The van der Waals surface area contributed by atoms with Gasteiger partial charge in [0, 0.05) is 30.7 Å². The number of alkyl halides is 2. The molecule has 0 saturated carbocycles. The third kappa shape index (κ3) is 4.05. The van der Waals surface area contributed by atoms with Gasteiger partial charge >= 0.3 is 6.61 Å². The third-order valence-corrected chi connectivity index (χ3v) is 3.01. The van der Waals surface area contributed by atoms with Crippen molar-refractivity contribution in [2.75, 3.05) is 12.4 Å². The molecule has 0 amide bonds. The molecule has 0 aliphatic heterocycles. The van der Waals surface area contributed by atoms with Crippen molar-refractivity contribution in [3.05, 3.63) is 47.8 Å². The van der Waals surface area contributed by atoms with E-state index >= 15 is 0 Å². The molecule has 0 aliphatic carbocycles. The highest BCUT2D eigenvalue weighted by Crippen LogP contribution is 2.31. The lowest BCUT2D eigenvalue weighted by Gasteiger charge is -2.13. The molecule has 0 radical (unpaired) electrons. The fraction of sp³-hybridized carbons (Fsp3) is 0.267. The van der Waals surface area contributed by atoms with Crippen LogP contribution in [-0.4, -0.2) is 18.7 Å². The summed E-state index contributed by atoms with van der Waals surface area (Å²) in [5.74, 6) is 0.263. The summed E-state index contributed by atoms with van der Waals surface area (Å²) in [4.78, 5) is 4.06. The normalized spacial score (nSPS) is 10.5. The number of ether oxygens (including phenoxy) is 2. The largest absolute Gasteiger partial charge is 0.493 e. The van der Waals surface area contributed by atoms with E-state index in [2.05, 4.69) is 15.0 Å². The van der Waals surface area contributed by atoms with Crippen molar-refractivity contribution in [1.29, 1.82) is 0 Å². The summed E-state index contributed by atoms with van der Waals surface area (Å²) >= 11 is 0. The summed E-state index contributed by atoms with van der Waals surface area (Å²) in [6, 6.07) is 6.71. The molecule has 0 unspecified atom stereocenters. The maximum absolute atomic E-state index is 12.4. The first-order chi connectivity index (χ1) is 10.1. The van der Waals surface area contributed by atoms with Crippen LogP contribution < -0.4 is 14.8 Å². The van der Waals surface area contributed by atoms with Gasteiger partial charge in [-0.15, -0.1) is 0 Å². The molecule has 0 spiro atoms. The van der Waals surface area contributed by atoms with Gasteiger partial charge in [0.2, 0.25) is 0 Å². The number of aromatic nitrogens is 1. The van der Waals surface area contributed by atoms with Crippen LogP contribution in [0.5, 0.6) is 11.5 Å². The summed E-state index contributed by atoms with van der Waals surface area (Å²) in [6.07, 6.45) is 3.49. The first kappa shape index (κ1) is 15.0. The molecule has 0 bridgehead atoms. The van der Waals surface area contributed by atoms with Crippen LogP contribution in [0.4, 0.5) is 14.5 Å². The van der Waals surface area contributed by atoms with Crippen LogP contribution in [0.3, 0.4) is 0 Å². The summed E-state index contributed by atoms with van der Waals surface area (Å²) in [7, 11) is 1.40. The zero-order valence-corrected chi connectivity index (χ0v) is 11.8. The minimum atomic E-state index is -2.89. The van der Waals surface area contributed by atoms with Crippen molar-refractivity contribution < 1.29 is 18.3 Å². The van der Waals surface area contributed by atoms with Gasteiger partial charge in [0.1, 0.15) is 0 Å². The maximum Gasteiger partial charge on any atom is 0.387 e. The molecule has 4 nitrogen and oxygen atoms in total. The monoisotopic (exact) mass is 294 g/mol. The van der Waals surface area contributed by atoms with Crippen molar-refractivity contribution in [2.45, 2.75) is 20.1 Å². The van der Waals surface area contributed by atoms with E-state index in [1.165, 1.54) is 13.2 Å². The average molecular weight is 294 g/mol. The highest BCUT2D eigenvalue weighted by atomic mass is 19.3. The number of methoxy groups -OCH3 is 1. The number of nitrogens with one attached hydrogen (secondary N) is 1. The highest BCUT2D eigenvalue weighted by Gasteiger charge is 2.11. The Morgan fingerprint density at radius 1 is 1.24 bits per heavy atom. The second kappa shape index (κ2) is 6.88. The van der Waals surface area contributed by atoms with Gasteiger partial charge in [-0.3, -0.25) is 4.98 Å². The fourth-order valence-corrected chi connectivity index (χ4v) is 1.85. The van der Waals surface area contributed by atoms with E-state index in [4.69, 9.17) is 4.74 Å². The number of nitrogens with zero attached hydrogens (tertiary/aromatic N) is 1. The van der Waals surface area contributed by atoms with Crippen LogP contribution in [-0.2, 0) is 6.54 Å². The minimum Gasteiger partial charge on any atom is -0.493 e. The highest BCUT2D eigenvalue weighted by molar-refractivity contribution is 5.55. The summed E-state index contributed by atoms with van der Waals surface area (Å²) in [6.45, 7) is -0.368. The predicted octanol–water partition coefficient (Wildman–Crippen LogP) is 3.61. The Bertz CT molecular complexity index is 606. The molecular formula is C15H16F2N2O2. The molecule has 0 atom stereocenters. The van der Waals surface area contributed by atoms with Gasteiger partial charge < -0.3 is 14.8 Å². The average Bonchev–Trinajstić information content (AvgIpc) is 2.46. The van der Waals surface area contributed by atoms with Gasteiger partial charge in [-0.25, -0.2) is 0 Å². The second-order valence-corrected chi connectivity index (χ2v) is 4.40. The molecule has 0 aliphatic rings. The van der Waals surface area contributed by atoms with Gasteiger partial charge in [0.15, 0.2) is 11.5 Å². The quantitative estimate of drug-likeness (QED) is 0.884. The number of anilines is 1. The molecule has 0 saturated heterocycles. The Balaban J connectivity index is 2.12. The number of rotatable bonds is 6. The van der Waals surface area contributed by atoms with Gasteiger partial charge in [0.25, 0.3) is 0 Å². The van der Waals surface area contributed by atoms with Crippen LogP contribution in [0.1, 0.15) is 11.1 Å². The Morgan fingerprint density at radius 2 is 2.05 bits per heavy atom. The van der Waals surface area contributed by atoms with E-state index in [0.717, 1.165) is 11.1 Å². The molecule has 1 N–H and O–H groups in total. The Morgan fingerprint density at radius 3 is 2.71 bits per heavy atom. The number of hydrogen-bond acceptors (Lipinski definition) is 4.